The summed E-state index contributed by atoms with van der Waals surface area (Å²) in [5.41, 5.74) is -7.22. The van der Waals surface area contributed by atoms with E-state index in [2.05, 4.69) is 0 Å². The average Bonchev–Trinajstić information content (AvgIpc) is 2.43. The highest BCUT2D eigenvalue weighted by atomic mass is 35.5. The molecule has 0 aliphatic heterocycles. The second-order valence-corrected chi connectivity index (χ2v) is 4.09. The molecule has 3 heterocycles. The fourth-order valence-corrected chi connectivity index (χ4v) is 1.21. The van der Waals surface area contributed by atoms with Gasteiger partial charge in [-0.25, -0.2) is 43.2 Å². The van der Waals surface area contributed by atoms with E-state index >= 15 is 0 Å². The molecule has 0 saturated carbocycles. The highest BCUT2D eigenvalue weighted by molar-refractivity contribution is 5.86. The van der Waals surface area contributed by atoms with Gasteiger partial charge in [-0.05, 0) is 0 Å². The SMILES string of the molecule is Cl.Cl.Cl.O=c1[nH]c(=O)[nH]c(=O)[nH]1.O=c1[nH]c(=O)[nH]c(=O)[nH]1.O=c1[nH]c(=O)[nH]c(=O)[nH]1. The summed E-state index contributed by atoms with van der Waals surface area (Å²) >= 11 is 0. The molecule has 0 fully saturated rings. The second kappa shape index (κ2) is 14.1. The highest BCUT2D eigenvalue weighted by Gasteiger charge is 1.86. The van der Waals surface area contributed by atoms with Gasteiger partial charge in [0, 0.05) is 0 Å². The van der Waals surface area contributed by atoms with E-state index in [-0.39, 0.29) is 37.2 Å². The topological polar surface area (TPSA) is 296 Å². The van der Waals surface area contributed by atoms with Gasteiger partial charge in [0.05, 0.1) is 0 Å². The van der Waals surface area contributed by atoms with Crippen molar-refractivity contribution in [2.24, 2.45) is 0 Å². The molecule has 18 nitrogen and oxygen atoms in total. The predicted octanol–water partition coefficient (Wildman–Crippen LogP) is -5.48. The Bertz CT molecular complexity index is 1020. The Kier molecular flexibility index (Phi) is 14.5. The summed E-state index contributed by atoms with van der Waals surface area (Å²) in [4.78, 5) is 108. The first-order valence-corrected chi connectivity index (χ1v) is 6.34. The summed E-state index contributed by atoms with van der Waals surface area (Å²) in [5, 5.41) is 0. The van der Waals surface area contributed by atoms with Gasteiger partial charge in [0.2, 0.25) is 0 Å². The third-order valence-corrected chi connectivity index (χ3v) is 2.04. The number of hydrogen-bond acceptors (Lipinski definition) is 9. The Morgan fingerprint density at radius 3 is 0.367 bits per heavy atom. The summed E-state index contributed by atoms with van der Waals surface area (Å²) in [6.07, 6.45) is 0. The van der Waals surface area contributed by atoms with Crippen LogP contribution >= 0.6 is 37.2 Å². The van der Waals surface area contributed by atoms with E-state index in [9.17, 15) is 43.2 Å². The van der Waals surface area contributed by atoms with Gasteiger partial charge >= 0.3 is 51.2 Å². The van der Waals surface area contributed by atoms with Crippen LogP contribution < -0.4 is 51.2 Å². The van der Waals surface area contributed by atoms with Crippen LogP contribution in [0.25, 0.3) is 0 Å². The third-order valence-electron chi connectivity index (χ3n) is 2.04. The lowest BCUT2D eigenvalue weighted by molar-refractivity contribution is 0.887. The summed E-state index contributed by atoms with van der Waals surface area (Å²) in [6, 6.07) is 0. The molecule has 9 N–H and O–H groups in total. The molecule has 3 aromatic heterocycles. The van der Waals surface area contributed by atoms with Crippen LogP contribution in [0.4, 0.5) is 0 Å². The van der Waals surface area contributed by atoms with Crippen LogP contribution in [0.1, 0.15) is 0 Å². The molecule has 3 rings (SSSR count). The molecule has 0 saturated heterocycles. The second-order valence-electron chi connectivity index (χ2n) is 4.09. The lowest BCUT2D eigenvalue weighted by Crippen LogP contribution is -2.34. The van der Waals surface area contributed by atoms with Gasteiger partial charge in [-0.15, -0.1) is 37.2 Å². The van der Waals surface area contributed by atoms with Crippen molar-refractivity contribution in [3.63, 3.8) is 0 Å². The van der Waals surface area contributed by atoms with Crippen molar-refractivity contribution in [3.8, 4) is 0 Å². The van der Waals surface area contributed by atoms with E-state index < -0.39 is 51.2 Å². The lowest BCUT2D eigenvalue weighted by atomic mass is 11.0. The minimum Gasteiger partial charge on any atom is -0.259 e. The molecule has 0 atom stereocenters. The number of nitrogens with one attached hydrogen (secondary N) is 9. The Balaban J connectivity index is -0.000000347. The summed E-state index contributed by atoms with van der Waals surface area (Å²) in [5.74, 6) is 0. The molecule has 0 aliphatic rings. The van der Waals surface area contributed by atoms with E-state index in [4.69, 9.17) is 0 Å². The molecule has 0 radical (unpaired) electrons. The largest absolute Gasteiger partial charge is 0.330 e. The van der Waals surface area contributed by atoms with Crippen LogP contribution in [0.2, 0.25) is 0 Å². The zero-order valence-corrected chi connectivity index (χ0v) is 16.3. The van der Waals surface area contributed by atoms with E-state index in [0.717, 1.165) is 0 Å². The van der Waals surface area contributed by atoms with E-state index in [1.165, 1.54) is 0 Å². The maximum Gasteiger partial charge on any atom is 0.330 e. The number of halogens is 3. The number of rotatable bonds is 0. The standard InChI is InChI=1S/3C3H3N3O3.3ClH/c3*7-1-4-2(8)6-3(9)5-1;;;/h3*(H3,4,5,6,7,8,9);3*1H. The minimum atomic E-state index is -0.802. The van der Waals surface area contributed by atoms with Crippen molar-refractivity contribution < 1.29 is 0 Å². The number of aromatic amines is 9. The van der Waals surface area contributed by atoms with Gasteiger partial charge in [0.1, 0.15) is 0 Å². The van der Waals surface area contributed by atoms with Crippen molar-refractivity contribution in [2.45, 2.75) is 0 Å². The molecule has 3 aromatic rings. The molecule has 0 bridgehead atoms. The monoisotopic (exact) mass is 495 g/mol. The quantitative estimate of drug-likeness (QED) is 0.143. The molecule has 0 spiro atoms. The molecule has 21 heteroatoms. The smallest absolute Gasteiger partial charge is 0.259 e. The van der Waals surface area contributed by atoms with Crippen LogP contribution in [0.5, 0.6) is 0 Å². The molecule has 0 aliphatic carbocycles. The lowest BCUT2D eigenvalue weighted by Gasteiger charge is -1.77. The average molecular weight is 497 g/mol. The van der Waals surface area contributed by atoms with Crippen molar-refractivity contribution in [1.82, 2.24) is 44.9 Å². The molecule has 0 amide bonds. The van der Waals surface area contributed by atoms with Crippen molar-refractivity contribution in [2.75, 3.05) is 0 Å². The first-order valence-electron chi connectivity index (χ1n) is 6.34. The fourth-order valence-electron chi connectivity index (χ4n) is 1.21. The van der Waals surface area contributed by atoms with Crippen molar-refractivity contribution >= 4 is 37.2 Å². The maximum absolute atomic E-state index is 10.2. The zero-order chi connectivity index (χ0) is 20.6. The van der Waals surface area contributed by atoms with Crippen LogP contribution in [0.3, 0.4) is 0 Å². The van der Waals surface area contributed by atoms with Gasteiger partial charge in [-0.2, -0.15) is 0 Å². The number of H-pyrrole nitrogens is 9. The minimum absolute atomic E-state index is 0. The molecular formula is C9H12Cl3N9O9. The normalized spacial score (nSPS) is 8.40. The molecule has 0 aromatic carbocycles. The molecule has 30 heavy (non-hydrogen) atoms. The molecule has 0 unspecified atom stereocenters. The first kappa shape index (κ1) is 30.8. The zero-order valence-electron chi connectivity index (χ0n) is 13.9. The Morgan fingerprint density at radius 2 is 0.300 bits per heavy atom. The number of hydrogen-bond donors (Lipinski definition) is 9. The molecular weight excluding hydrogens is 485 g/mol. The third kappa shape index (κ3) is 12.5. The van der Waals surface area contributed by atoms with Gasteiger partial charge in [-0.3, -0.25) is 44.9 Å². The summed E-state index contributed by atoms with van der Waals surface area (Å²) in [6.45, 7) is 0. The van der Waals surface area contributed by atoms with E-state index in [1.54, 1.807) is 44.9 Å². The summed E-state index contributed by atoms with van der Waals surface area (Å²) < 4.78 is 0. The van der Waals surface area contributed by atoms with Crippen molar-refractivity contribution in [1.29, 1.82) is 0 Å². The highest BCUT2D eigenvalue weighted by Crippen LogP contribution is 1.31. The number of aromatic nitrogens is 9. The van der Waals surface area contributed by atoms with E-state index in [0.29, 0.717) is 0 Å². The van der Waals surface area contributed by atoms with Gasteiger partial charge in [-0.1, -0.05) is 0 Å². The van der Waals surface area contributed by atoms with Crippen LogP contribution in [-0.4, -0.2) is 44.9 Å². The Labute approximate surface area is 176 Å². The van der Waals surface area contributed by atoms with Crippen LogP contribution in [-0.2, 0) is 0 Å². The van der Waals surface area contributed by atoms with Gasteiger partial charge < -0.3 is 0 Å². The first-order chi connectivity index (χ1) is 12.5. The Hall–Kier alpha value is -3.90. The van der Waals surface area contributed by atoms with Crippen LogP contribution in [0.15, 0.2) is 43.2 Å². The van der Waals surface area contributed by atoms with E-state index in [1.807, 2.05) is 0 Å². The Morgan fingerprint density at radius 1 is 0.233 bits per heavy atom. The van der Waals surface area contributed by atoms with Gasteiger partial charge in [0.25, 0.3) is 0 Å². The fraction of sp³-hybridized carbons (Fsp3) is 0. The van der Waals surface area contributed by atoms with Crippen LogP contribution in [0, 0.1) is 0 Å². The summed E-state index contributed by atoms with van der Waals surface area (Å²) in [7, 11) is 0. The predicted molar refractivity (Wildman–Crippen MR) is 107 cm³/mol. The van der Waals surface area contributed by atoms with Gasteiger partial charge in [0.15, 0.2) is 0 Å². The molecule has 168 valence electrons. The van der Waals surface area contributed by atoms with Crippen molar-refractivity contribution in [3.05, 3.63) is 94.4 Å². The maximum atomic E-state index is 10.2.